The van der Waals surface area contributed by atoms with E-state index >= 15 is 0 Å². The lowest BCUT2D eigenvalue weighted by Crippen LogP contribution is -2.38. The maximum Gasteiger partial charge on any atom is 0.245 e. The first-order valence-corrected chi connectivity index (χ1v) is 12.0. The number of hydrogen-bond donors (Lipinski definition) is 1. The van der Waals surface area contributed by atoms with E-state index in [0.717, 1.165) is 33.7 Å². The van der Waals surface area contributed by atoms with Crippen molar-refractivity contribution in [3.8, 4) is 11.1 Å². The van der Waals surface area contributed by atoms with E-state index in [1.807, 2.05) is 89.9 Å². The van der Waals surface area contributed by atoms with Gasteiger partial charge in [0.1, 0.15) is 6.54 Å². The molecule has 1 atom stereocenters. The zero-order chi connectivity index (χ0) is 24.3. The molecule has 5 rings (SSSR count). The van der Waals surface area contributed by atoms with Crippen LogP contribution < -0.4 is 5.32 Å². The second kappa shape index (κ2) is 9.77. The largest absolute Gasteiger partial charge is 0.324 e. The highest BCUT2D eigenvalue weighted by atomic mass is 35.5. The molecule has 1 unspecified atom stereocenters. The molecule has 0 fully saturated rings. The number of nitrogens with one attached hydrogen (secondary N) is 1. The second-order valence-corrected chi connectivity index (χ2v) is 9.40. The highest BCUT2D eigenvalue weighted by molar-refractivity contribution is 6.30. The average Bonchev–Trinajstić information content (AvgIpc) is 3.22. The molecule has 0 saturated carbocycles. The normalized spacial score (nSPS) is 17.2. The van der Waals surface area contributed by atoms with Gasteiger partial charge in [0.2, 0.25) is 5.91 Å². The van der Waals surface area contributed by atoms with Crippen LogP contribution in [0.1, 0.15) is 18.1 Å². The summed E-state index contributed by atoms with van der Waals surface area (Å²) in [7, 11) is 0. The molecular formula is C30H26ClN3O. The molecule has 174 valence electrons. The van der Waals surface area contributed by atoms with Gasteiger partial charge in [-0.25, -0.2) is 0 Å². The molecule has 0 spiro atoms. The fourth-order valence-corrected chi connectivity index (χ4v) is 4.71. The van der Waals surface area contributed by atoms with E-state index in [2.05, 4.69) is 36.5 Å². The zero-order valence-corrected chi connectivity index (χ0v) is 20.2. The molecular weight excluding hydrogens is 454 g/mol. The molecule has 4 aromatic rings. The van der Waals surface area contributed by atoms with Crippen LogP contribution >= 0.6 is 11.6 Å². The molecule has 0 radical (unpaired) electrons. The van der Waals surface area contributed by atoms with E-state index in [4.69, 9.17) is 16.7 Å². The zero-order valence-electron chi connectivity index (χ0n) is 19.5. The van der Waals surface area contributed by atoms with Crippen molar-refractivity contribution < 1.29 is 4.79 Å². The van der Waals surface area contributed by atoms with Crippen LogP contribution in [0.3, 0.4) is 0 Å². The third-order valence-corrected chi connectivity index (χ3v) is 6.65. The van der Waals surface area contributed by atoms with Crippen LogP contribution in [0.15, 0.2) is 114 Å². The quantitative estimate of drug-likeness (QED) is 0.337. The summed E-state index contributed by atoms with van der Waals surface area (Å²) in [6.45, 7) is 2.95. The standard InChI is InChI=1S/C30H26ClN3O/c1-30(25-10-6-3-7-11-25)21-34(33-29(30)24-12-16-26(31)17-13-24)20-28(35)32-27-18-14-23(15-19-27)22-8-4-2-5-9-22/h2-19H,20-21H2,1H3,(H,32,35). The minimum atomic E-state index is -0.354. The maximum atomic E-state index is 12.9. The van der Waals surface area contributed by atoms with Gasteiger partial charge in [-0.05, 0) is 53.4 Å². The number of carbonyl (C=O) groups is 1. The van der Waals surface area contributed by atoms with Crippen molar-refractivity contribution in [2.45, 2.75) is 12.3 Å². The van der Waals surface area contributed by atoms with E-state index in [9.17, 15) is 4.79 Å². The van der Waals surface area contributed by atoms with Crippen molar-refractivity contribution in [1.82, 2.24) is 5.01 Å². The van der Waals surface area contributed by atoms with Gasteiger partial charge in [-0.3, -0.25) is 9.80 Å². The van der Waals surface area contributed by atoms with E-state index < -0.39 is 0 Å². The lowest BCUT2D eigenvalue weighted by molar-refractivity contribution is -0.117. The predicted molar refractivity (Wildman–Crippen MR) is 144 cm³/mol. The van der Waals surface area contributed by atoms with Crippen molar-refractivity contribution in [2.24, 2.45) is 5.10 Å². The molecule has 1 aliphatic heterocycles. The summed E-state index contributed by atoms with van der Waals surface area (Å²) in [6.07, 6.45) is 0. The predicted octanol–water partition coefficient (Wildman–Crippen LogP) is 6.62. The number of halogens is 1. The van der Waals surface area contributed by atoms with Gasteiger partial charge in [0.25, 0.3) is 0 Å². The first kappa shape index (κ1) is 22.9. The van der Waals surface area contributed by atoms with Crippen molar-refractivity contribution >= 4 is 28.9 Å². The minimum Gasteiger partial charge on any atom is -0.324 e. The number of nitrogens with zero attached hydrogens (tertiary/aromatic N) is 2. The van der Waals surface area contributed by atoms with Gasteiger partial charge in [-0.15, -0.1) is 0 Å². The number of rotatable bonds is 6. The van der Waals surface area contributed by atoms with E-state index in [1.54, 1.807) is 0 Å². The summed E-state index contributed by atoms with van der Waals surface area (Å²) in [5.41, 5.74) is 5.76. The number of hydrazone groups is 1. The fraction of sp³-hybridized carbons (Fsp3) is 0.133. The summed E-state index contributed by atoms with van der Waals surface area (Å²) in [5, 5.41) is 10.4. The van der Waals surface area contributed by atoms with E-state index in [1.165, 1.54) is 0 Å². The molecule has 1 N–H and O–H groups in total. The fourth-order valence-electron chi connectivity index (χ4n) is 4.58. The van der Waals surface area contributed by atoms with Gasteiger partial charge in [0, 0.05) is 10.7 Å². The molecule has 0 bridgehead atoms. The number of carbonyl (C=O) groups excluding carboxylic acids is 1. The first-order valence-electron chi connectivity index (χ1n) is 11.6. The highest BCUT2D eigenvalue weighted by Gasteiger charge is 2.41. The van der Waals surface area contributed by atoms with Crippen LogP contribution in [0.4, 0.5) is 5.69 Å². The Morgan fingerprint density at radius 3 is 2.06 bits per heavy atom. The second-order valence-electron chi connectivity index (χ2n) is 8.97. The van der Waals surface area contributed by atoms with Crippen molar-refractivity contribution in [3.63, 3.8) is 0 Å². The highest BCUT2D eigenvalue weighted by Crippen LogP contribution is 2.35. The third kappa shape index (κ3) is 4.98. The Morgan fingerprint density at radius 1 is 0.829 bits per heavy atom. The number of amides is 1. The Kier molecular flexibility index (Phi) is 6.39. The number of anilines is 1. The van der Waals surface area contributed by atoms with Gasteiger partial charge < -0.3 is 5.32 Å². The van der Waals surface area contributed by atoms with Crippen molar-refractivity contribution in [1.29, 1.82) is 0 Å². The Balaban J connectivity index is 1.33. The SMILES string of the molecule is CC1(c2ccccc2)CN(CC(=O)Nc2ccc(-c3ccccc3)cc2)N=C1c1ccc(Cl)cc1. The van der Waals surface area contributed by atoms with E-state index in [-0.39, 0.29) is 17.9 Å². The Labute approximate surface area is 210 Å². The number of benzene rings is 4. The molecule has 4 aromatic carbocycles. The van der Waals surface area contributed by atoms with Gasteiger partial charge in [-0.1, -0.05) is 96.5 Å². The molecule has 0 aliphatic carbocycles. The molecule has 1 aliphatic rings. The Bertz CT molecular complexity index is 1340. The molecule has 1 heterocycles. The number of hydrogen-bond acceptors (Lipinski definition) is 3. The monoisotopic (exact) mass is 479 g/mol. The molecule has 5 heteroatoms. The van der Waals surface area contributed by atoms with Gasteiger partial charge in [0.15, 0.2) is 0 Å². The van der Waals surface area contributed by atoms with E-state index in [0.29, 0.717) is 11.6 Å². The molecule has 1 amide bonds. The molecule has 4 nitrogen and oxygen atoms in total. The van der Waals surface area contributed by atoms with Crippen molar-refractivity contribution in [2.75, 3.05) is 18.4 Å². The van der Waals surface area contributed by atoms with Crippen LogP contribution in [0.2, 0.25) is 5.02 Å². The summed E-state index contributed by atoms with van der Waals surface area (Å²) in [5.74, 6) is -0.103. The van der Waals surface area contributed by atoms with Gasteiger partial charge in [-0.2, -0.15) is 5.10 Å². The summed E-state index contributed by atoms with van der Waals surface area (Å²) < 4.78 is 0. The topological polar surface area (TPSA) is 44.7 Å². The van der Waals surface area contributed by atoms with Crippen molar-refractivity contribution in [3.05, 3.63) is 125 Å². The summed E-state index contributed by atoms with van der Waals surface area (Å²) in [6, 6.07) is 36.1. The molecule has 0 aromatic heterocycles. The Hall–Kier alpha value is -3.89. The van der Waals surface area contributed by atoms with Crippen LogP contribution in [-0.4, -0.2) is 29.7 Å². The van der Waals surface area contributed by atoms with Crippen LogP contribution in [0.5, 0.6) is 0 Å². The average molecular weight is 480 g/mol. The smallest absolute Gasteiger partial charge is 0.245 e. The van der Waals surface area contributed by atoms with Crippen LogP contribution in [0.25, 0.3) is 11.1 Å². The van der Waals surface area contributed by atoms with Crippen LogP contribution in [0, 0.1) is 0 Å². The minimum absolute atomic E-state index is 0.103. The Morgan fingerprint density at radius 2 is 1.40 bits per heavy atom. The van der Waals surface area contributed by atoms with Crippen LogP contribution in [-0.2, 0) is 10.2 Å². The lowest BCUT2D eigenvalue weighted by atomic mass is 9.76. The molecule has 0 saturated heterocycles. The summed E-state index contributed by atoms with van der Waals surface area (Å²) >= 11 is 6.12. The lowest BCUT2D eigenvalue weighted by Gasteiger charge is -2.27. The first-order chi connectivity index (χ1) is 17.0. The third-order valence-electron chi connectivity index (χ3n) is 6.39. The maximum absolute atomic E-state index is 12.9. The van der Waals surface area contributed by atoms with Gasteiger partial charge >= 0.3 is 0 Å². The van der Waals surface area contributed by atoms with Gasteiger partial charge in [0.05, 0.1) is 17.7 Å². The summed E-state index contributed by atoms with van der Waals surface area (Å²) in [4.78, 5) is 12.9. The molecule has 35 heavy (non-hydrogen) atoms.